The summed E-state index contributed by atoms with van der Waals surface area (Å²) >= 11 is 0. The largest absolute Gasteiger partial charge is 0.395 e. The molecule has 2 rings (SSSR count). The molecule has 1 amide bonds. The van der Waals surface area contributed by atoms with Crippen LogP contribution in [0.15, 0.2) is 0 Å². The normalized spacial score (nSPS) is 16.0. The van der Waals surface area contributed by atoms with Gasteiger partial charge in [-0.25, -0.2) is 0 Å². The summed E-state index contributed by atoms with van der Waals surface area (Å²) in [4.78, 5) is 14.7. The molecular weight excluding hydrogens is 252 g/mol. The molecule has 112 valence electrons. The molecule has 1 aliphatic rings. The lowest BCUT2D eigenvalue weighted by molar-refractivity contribution is 0.0667. The number of hydrogen-bond acceptors (Lipinski definition) is 3. The molecule has 0 spiro atoms. The van der Waals surface area contributed by atoms with Gasteiger partial charge in [-0.2, -0.15) is 5.10 Å². The zero-order chi connectivity index (χ0) is 14.7. The second-order valence-electron chi connectivity index (χ2n) is 6.23. The third-order valence-corrected chi connectivity index (χ3v) is 4.17. The quantitative estimate of drug-likeness (QED) is 0.869. The topological polar surface area (TPSA) is 75.0 Å². The Kier molecular flexibility index (Phi) is 4.68. The van der Waals surface area contributed by atoms with E-state index in [-0.39, 0.29) is 5.91 Å². The third kappa shape index (κ3) is 3.14. The fourth-order valence-electron chi connectivity index (χ4n) is 2.80. The maximum atomic E-state index is 12.7. The molecule has 3 N–H and O–H groups in total. The van der Waals surface area contributed by atoms with Crippen LogP contribution in [0.2, 0.25) is 0 Å². The van der Waals surface area contributed by atoms with E-state index in [9.17, 15) is 4.79 Å². The van der Waals surface area contributed by atoms with E-state index >= 15 is 0 Å². The Morgan fingerprint density at radius 3 is 2.60 bits per heavy atom. The molecule has 5 nitrogen and oxygen atoms in total. The molecule has 5 heteroatoms. The van der Waals surface area contributed by atoms with Crippen molar-refractivity contribution in [2.24, 2.45) is 5.92 Å². The van der Waals surface area contributed by atoms with Gasteiger partial charge in [-0.05, 0) is 32.1 Å². The zero-order valence-corrected chi connectivity index (χ0v) is 12.8. The Morgan fingerprint density at radius 1 is 1.45 bits per heavy atom. The maximum absolute atomic E-state index is 12.7. The maximum Gasteiger partial charge on any atom is 0.276 e. The third-order valence-electron chi connectivity index (χ3n) is 4.17. The molecule has 0 aliphatic heterocycles. The van der Waals surface area contributed by atoms with Crippen LogP contribution < -0.4 is 5.73 Å². The number of carbonyl (C=O) groups excluding carboxylic acids is 1. The first-order valence-electron chi connectivity index (χ1n) is 7.62. The second kappa shape index (κ2) is 6.29. The average molecular weight is 278 g/mol. The molecule has 1 heterocycles. The number of hydrogen-bond donors (Lipinski definition) is 2. The van der Waals surface area contributed by atoms with Crippen molar-refractivity contribution in [3.63, 3.8) is 0 Å². The number of amides is 1. The van der Waals surface area contributed by atoms with Gasteiger partial charge in [0.15, 0.2) is 5.69 Å². The van der Waals surface area contributed by atoms with Crippen LogP contribution >= 0.6 is 0 Å². The second-order valence-corrected chi connectivity index (χ2v) is 6.23. The first kappa shape index (κ1) is 14.9. The first-order valence-corrected chi connectivity index (χ1v) is 7.62. The highest BCUT2D eigenvalue weighted by Gasteiger charge is 2.29. The summed E-state index contributed by atoms with van der Waals surface area (Å²) in [7, 11) is 0. The SMILES string of the molecule is Cc1[nH]nc(C(=O)N(CCC(C)C)C2CCCC2)c1N. The predicted octanol–water partition coefficient (Wildman–Crippen LogP) is 2.73. The van der Waals surface area contributed by atoms with Crippen molar-refractivity contribution in [1.82, 2.24) is 15.1 Å². The zero-order valence-electron chi connectivity index (χ0n) is 12.8. The highest BCUT2D eigenvalue weighted by Crippen LogP contribution is 2.26. The fraction of sp³-hybridized carbons (Fsp3) is 0.733. The number of nitrogen functional groups attached to an aromatic ring is 1. The lowest BCUT2D eigenvalue weighted by Gasteiger charge is -2.29. The van der Waals surface area contributed by atoms with Gasteiger partial charge >= 0.3 is 0 Å². The van der Waals surface area contributed by atoms with Crippen LogP contribution in [0.25, 0.3) is 0 Å². The van der Waals surface area contributed by atoms with E-state index < -0.39 is 0 Å². The molecule has 0 saturated heterocycles. The Labute approximate surface area is 120 Å². The van der Waals surface area contributed by atoms with Gasteiger partial charge in [-0.15, -0.1) is 0 Å². The van der Waals surface area contributed by atoms with E-state index in [1.54, 1.807) is 0 Å². The minimum atomic E-state index is -0.0144. The van der Waals surface area contributed by atoms with Crippen molar-refractivity contribution < 1.29 is 4.79 Å². The lowest BCUT2D eigenvalue weighted by atomic mass is 10.1. The van der Waals surface area contributed by atoms with E-state index in [1.807, 2.05) is 11.8 Å². The first-order chi connectivity index (χ1) is 9.50. The Balaban J connectivity index is 2.16. The monoisotopic (exact) mass is 278 g/mol. The lowest BCUT2D eigenvalue weighted by Crippen LogP contribution is -2.40. The van der Waals surface area contributed by atoms with Gasteiger partial charge in [0.2, 0.25) is 0 Å². The summed E-state index contributed by atoms with van der Waals surface area (Å²) < 4.78 is 0. The highest BCUT2D eigenvalue weighted by atomic mass is 16.2. The number of nitrogens with zero attached hydrogens (tertiary/aromatic N) is 2. The van der Waals surface area contributed by atoms with Crippen molar-refractivity contribution in [2.75, 3.05) is 12.3 Å². The Hall–Kier alpha value is -1.52. The van der Waals surface area contributed by atoms with Crippen LogP contribution in [0, 0.1) is 12.8 Å². The number of rotatable bonds is 5. The smallest absolute Gasteiger partial charge is 0.276 e. The Morgan fingerprint density at radius 2 is 2.10 bits per heavy atom. The van der Waals surface area contributed by atoms with Gasteiger partial charge in [0, 0.05) is 12.6 Å². The average Bonchev–Trinajstić information content (AvgIpc) is 3.01. The van der Waals surface area contributed by atoms with E-state index in [1.165, 1.54) is 12.8 Å². The molecule has 0 radical (unpaired) electrons. The van der Waals surface area contributed by atoms with Gasteiger partial charge in [-0.1, -0.05) is 26.7 Å². The van der Waals surface area contributed by atoms with Crippen molar-refractivity contribution >= 4 is 11.6 Å². The molecule has 0 bridgehead atoms. The highest BCUT2D eigenvalue weighted by molar-refractivity contribution is 5.97. The fourth-order valence-corrected chi connectivity index (χ4v) is 2.80. The molecule has 1 aliphatic carbocycles. The number of anilines is 1. The minimum absolute atomic E-state index is 0.0144. The summed E-state index contributed by atoms with van der Waals surface area (Å²) in [6.45, 7) is 7.01. The Bertz CT molecular complexity index is 460. The summed E-state index contributed by atoms with van der Waals surface area (Å²) in [5.41, 5.74) is 7.60. The molecule has 0 unspecified atom stereocenters. The molecule has 1 aromatic heterocycles. The van der Waals surface area contributed by atoms with Crippen LogP contribution in [0.3, 0.4) is 0 Å². The van der Waals surface area contributed by atoms with Crippen LogP contribution in [0.5, 0.6) is 0 Å². The molecule has 1 saturated carbocycles. The number of aromatic nitrogens is 2. The van der Waals surface area contributed by atoms with Gasteiger partial charge in [0.05, 0.1) is 11.4 Å². The van der Waals surface area contributed by atoms with Crippen LogP contribution in [-0.2, 0) is 0 Å². The van der Waals surface area contributed by atoms with E-state index in [4.69, 9.17) is 5.73 Å². The molecule has 1 aromatic rings. The van der Waals surface area contributed by atoms with E-state index in [0.29, 0.717) is 23.3 Å². The van der Waals surface area contributed by atoms with Gasteiger partial charge in [0.1, 0.15) is 0 Å². The van der Waals surface area contributed by atoms with E-state index in [2.05, 4.69) is 24.0 Å². The molecule has 0 aromatic carbocycles. The van der Waals surface area contributed by atoms with Crippen molar-refractivity contribution in [3.05, 3.63) is 11.4 Å². The van der Waals surface area contributed by atoms with Crippen LogP contribution in [0.4, 0.5) is 5.69 Å². The number of aryl methyl sites for hydroxylation is 1. The summed E-state index contributed by atoms with van der Waals surface area (Å²) in [5, 5.41) is 6.90. The van der Waals surface area contributed by atoms with Crippen LogP contribution in [0.1, 0.15) is 62.1 Å². The number of H-pyrrole nitrogens is 1. The standard InChI is InChI=1S/C15H26N4O/c1-10(2)8-9-19(12-6-4-5-7-12)15(20)14-13(16)11(3)17-18-14/h10,12H,4-9,16H2,1-3H3,(H,17,18). The minimum Gasteiger partial charge on any atom is -0.395 e. The van der Waals surface area contributed by atoms with Gasteiger partial charge in [-0.3, -0.25) is 9.89 Å². The summed E-state index contributed by atoms with van der Waals surface area (Å²) in [5.74, 6) is 0.573. The van der Waals surface area contributed by atoms with Crippen molar-refractivity contribution in [1.29, 1.82) is 0 Å². The summed E-state index contributed by atoms with van der Waals surface area (Å²) in [6, 6.07) is 0.359. The van der Waals surface area contributed by atoms with Gasteiger partial charge in [0.25, 0.3) is 5.91 Å². The predicted molar refractivity (Wildman–Crippen MR) is 80.5 cm³/mol. The van der Waals surface area contributed by atoms with Crippen molar-refractivity contribution in [2.45, 2.75) is 58.9 Å². The number of nitrogens with one attached hydrogen (secondary N) is 1. The number of nitrogens with two attached hydrogens (primary N) is 1. The summed E-state index contributed by atoms with van der Waals surface area (Å²) in [6.07, 6.45) is 5.66. The number of aromatic amines is 1. The van der Waals surface area contributed by atoms with Crippen LogP contribution in [-0.4, -0.2) is 33.6 Å². The van der Waals surface area contributed by atoms with Crippen molar-refractivity contribution in [3.8, 4) is 0 Å². The molecular formula is C15H26N4O. The van der Waals surface area contributed by atoms with Gasteiger partial charge < -0.3 is 10.6 Å². The van der Waals surface area contributed by atoms with E-state index in [0.717, 1.165) is 31.5 Å². The molecule has 1 fully saturated rings. The number of carbonyl (C=O) groups is 1. The molecule has 20 heavy (non-hydrogen) atoms. The molecule has 0 atom stereocenters.